The monoisotopic (exact) mass is 410 g/mol. The SMILES string of the molecule is O=C(c1ccccc1F)N1CCC(Nc2ncnc3sc4c(c23)CCCC4)CC1. The van der Waals surface area contributed by atoms with E-state index in [4.69, 9.17) is 0 Å². The number of aromatic nitrogens is 2. The first-order chi connectivity index (χ1) is 14.2. The van der Waals surface area contributed by atoms with E-state index in [0.717, 1.165) is 36.3 Å². The molecule has 0 radical (unpaired) electrons. The summed E-state index contributed by atoms with van der Waals surface area (Å²) in [4.78, 5) is 26.0. The molecule has 0 unspecified atom stereocenters. The standard InChI is InChI=1S/C22H23FN4OS/c23-17-7-3-1-5-15(17)22(28)27-11-9-14(10-12-27)26-20-19-16-6-2-4-8-18(16)29-21(19)25-13-24-20/h1,3,5,7,13-14H,2,4,6,8-12H2,(H,24,25,26). The largest absolute Gasteiger partial charge is 0.367 e. The van der Waals surface area contributed by atoms with Crippen LogP contribution in [0.3, 0.4) is 0 Å². The van der Waals surface area contributed by atoms with Crippen LogP contribution < -0.4 is 5.32 Å². The number of benzene rings is 1. The van der Waals surface area contributed by atoms with E-state index in [1.54, 1.807) is 40.8 Å². The maximum atomic E-state index is 13.9. The van der Waals surface area contributed by atoms with Crippen molar-refractivity contribution in [2.24, 2.45) is 0 Å². The topological polar surface area (TPSA) is 58.1 Å². The van der Waals surface area contributed by atoms with Crippen LogP contribution in [0, 0.1) is 5.82 Å². The van der Waals surface area contributed by atoms with E-state index in [2.05, 4.69) is 15.3 Å². The molecule has 1 N–H and O–H groups in total. The first kappa shape index (κ1) is 18.5. The quantitative estimate of drug-likeness (QED) is 0.694. The number of rotatable bonds is 3. The van der Waals surface area contributed by atoms with Crippen LogP contribution in [0.15, 0.2) is 30.6 Å². The Balaban J connectivity index is 1.30. The third-order valence-electron chi connectivity index (χ3n) is 5.98. The Morgan fingerprint density at radius 3 is 2.76 bits per heavy atom. The molecule has 2 aromatic heterocycles. The number of anilines is 1. The van der Waals surface area contributed by atoms with Crippen LogP contribution in [-0.2, 0) is 12.8 Å². The molecule has 1 aromatic carbocycles. The van der Waals surface area contributed by atoms with Gasteiger partial charge in [-0.2, -0.15) is 0 Å². The van der Waals surface area contributed by atoms with E-state index < -0.39 is 5.82 Å². The van der Waals surface area contributed by atoms with Crippen LogP contribution in [0.25, 0.3) is 10.2 Å². The molecular weight excluding hydrogens is 387 g/mol. The predicted octanol–water partition coefficient (Wildman–Crippen LogP) is 4.43. The van der Waals surface area contributed by atoms with Gasteiger partial charge in [0.1, 0.15) is 22.8 Å². The molecule has 29 heavy (non-hydrogen) atoms. The summed E-state index contributed by atoms with van der Waals surface area (Å²) in [5.41, 5.74) is 1.58. The molecule has 3 aromatic rings. The van der Waals surface area contributed by atoms with Gasteiger partial charge >= 0.3 is 0 Å². The molecule has 1 saturated heterocycles. The van der Waals surface area contributed by atoms with Crippen LogP contribution in [0.5, 0.6) is 0 Å². The van der Waals surface area contributed by atoms with E-state index >= 15 is 0 Å². The summed E-state index contributed by atoms with van der Waals surface area (Å²) in [6.07, 6.45) is 8.01. The summed E-state index contributed by atoms with van der Waals surface area (Å²) < 4.78 is 13.9. The zero-order valence-electron chi connectivity index (χ0n) is 16.2. The van der Waals surface area contributed by atoms with E-state index in [-0.39, 0.29) is 17.5 Å². The maximum absolute atomic E-state index is 13.9. The lowest BCUT2D eigenvalue weighted by molar-refractivity contribution is 0.0713. The first-order valence-electron chi connectivity index (χ1n) is 10.3. The van der Waals surface area contributed by atoms with Gasteiger partial charge < -0.3 is 10.2 Å². The number of hydrogen-bond acceptors (Lipinski definition) is 5. The number of piperidine rings is 1. The molecule has 1 fully saturated rings. The van der Waals surface area contributed by atoms with Crippen LogP contribution >= 0.6 is 11.3 Å². The number of nitrogens with one attached hydrogen (secondary N) is 1. The van der Waals surface area contributed by atoms with Crippen LogP contribution in [0.1, 0.15) is 46.5 Å². The van der Waals surface area contributed by atoms with Crippen molar-refractivity contribution >= 4 is 33.3 Å². The minimum absolute atomic E-state index is 0.154. The van der Waals surface area contributed by atoms with Crippen molar-refractivity contribution in [1.29, 1.82) is 0 Å². The number of likely N-dealkylation sites (tertiary alicyclic amines) is 1. The molecule has 2 aliphatic rings. The maximum Gasteiger partial charge on any atom is 0.256 e. The van der Waals surface area contributed by atoms with Gasteiger partial charge in [-0.1, -0.05) is 12.1 Å². The van der Waals surface area contributed by atoms with E-state index in [1.807, 2.05) is 0 Å². The second-order valence-electron chi connectivity index (χ2n) is 7.80. The summed E-state index contributed by atoms with van der Waals surface area (Å²) in [5, 5.41) is 4.81. The van der Waals surface area contributed by atoms with Crippen LogP contribution in [0.2, 0.25) is 0 Å². The van der Waals surface area contributed by atoms with Crippen LogP contribution in [-0.4, -0.2) is 39.9 Å². The number of halogens is 1. The smallest absolute Gasteiger partial charge is 0.256 e. The zero-order chi connectivity index (χ0) is 19.8. The lowest BCUT2D eigenvalue weighted by Gasteiger charge is -2.33. The molecule has 1 aliphatic carbocycles. The Morgan fingerprint density at radius 2 is 1.93 bits per heavy atom. The summed E-state index contributed by atoms with van der Waals surface area (Å²) in [7, 11) is 0. The molecule has 0 spiro atoms. The van der Waals surface area contributed by atoms with Crippen molar-refractivity contribution in [3.8, 4) is 0 Å². The lowest BCUT2D eigenvalue weighted by atomic mass is 9.96. The number of fused-ring (bicyclic) bond motifs is 3. The predicted molar refractivity (Wildman–Crippen MR) is 113 cm³/mol. The van der Waals surface area contributed by atoms with Gasteiger partial charge in [-0.15, -0.1) is 11.3 Å². The highest BCUT2D eigenvalue weighted by atomic mass is 32.1. The molecule has 0 atom stereocenters. The van der Waals surface area contributed by atoms with Gasteiger partial charge in [-0.25, -0.2) is 14.4 Å². The molecule has 0 bridgehead atoms. The van der Waals surface area contributed by atoms with Crippen LogP contribution in [0.4, 0.5) is 10.2 Å². The highest BCUT2D eigenvalue weighted by Gasteiger charge is 2.26. The fraction of sp³-hybridized carbons (Fsp3) is 0.409. The molecule has 1 amide bonds. The fourth-order valence-corrected chi connectivity index (χ4v) is 5.65. The number of nitrogens with zero attached hydrogens (tertiary/aromatic N) is 3. The normalized spacial score (nSPS) is 17.3. The number of hydrogen-bond donors (Lipinski definition) is 1. The average molecular weight is 411 g/mol. The van der Waals surface area contributed by atoms with Gasteiger partial charge in [0.05, 0.1) is 10.9 Å². The highest BCUT2D eigenvalue weighted by molar-refractivity contribution is 7.19. The Hall–Kier alpha value is -2.54. The molecule has 5 nitrogen and oxygen atoms in total. The van der Waals surface area contributed by atoms with Gasteiger partial charge in [0.15, 0.2) is 0 Å². The number of aryl methyl sites for hydroxylation is 2. The minimum Gasteiger partial charge on any atom is -0.367 e. The van der Waals surface area contributed by atoms with Crippen molar-refractivity contribution in [3.05, 3.63) is 52.4 Å². The molecule has 7 heteroatoms. The van der Waals surface area contributed by atoms with E-state index in [9.17, 15) is 9.18 Å². The molecule has 1 aliphatic heterocycles. The van der Waals surface area contributed by atoms with Gasteiger partial charge in [0.2, 0.25) is 0 Å². The Bertz CT molecular complexity index is 1060. The second kappa shape index (κ2) is 7.71. The Labute approximate surface area is 173 Å². The number of carbonyl (C=O) groups excluding carboxylic acids is 1. The molecular formula is C22H23FN4OS. The van der Waals surface area contributed by atoms with Gasteiger partial charge in [0, 0.05) is 24.0 Å². The lowest BCUT2D eigenvalue weighted by Crippen LogP contribution is -2.42. The summed E-state index contributed by atoms with van der Waals surface area (Å²) in [5.74, 6) is 0.245. The summed E-state index contributed by atoms with van der Waals surface area (Å²) in [6, 6.07) is 6.44. The van der Waals surface area contributed by atoms with Crippen molar-refractivity contribution < 1.29 is 9.18 Å². The van der Waals surface area contributed by atoms with Crippen molar-refractivity contribution in [2.45, 2.75) is 44.6 Å². The second-order valence-corrected chi connectivity index (χ2v) is 8.89. The average Bonchev–Trinajstić information content (AvgIpc) is 3.14. The van der Waals surface area contributed by atoms with Crippen molar-refractivity contribution in [3.63, 3.8) is 0 Å². The highest BCUT2D eigenvalue weighted by Crippen LogP contribution is 2.38. The minimum atomic E-state index is -0.455. The van der Waals surface area contributed by atoms with Gasteiger partial charge in [-0.3, -0.25) is 4.79 Å². The fourth-order valence-electron chi connectivity index (χ4n) is 4.42. The zero-order valence-corrected chi connectivity index (χ0v) is 17.0. The van der Waals surface area contributed by atoms with Gasteiger partial charge in [0.25, 0.3) is 5.91 Å². The van der Waals surface area contributed by atoms with Crippen molar-refractivity contribution in [2.75, 3.05) is 18.4 Å². The number of amides is 1. The third kappa shape index (κ3) is 3.48. The Kier molecular flexibility index (Phi) is 4.91. The van der Waals surface area contributed by atoms with E-state index in [0.29, 0.717) is 13.1 Å². The van der Waals surface area contributed by atoms with E-state index in [1.165, 1.54) is 34.7 Å². The summed E-state index contributed by atoms with van der Waals surface area (Å²) in [6.45, 7) is 1.22. The molecule has 3 heterocycles. The number of carbonyl (C=O) groups is 1. The van der Waals surface area contributed by atoms with Crippen molar-refractivity contribution in [1.82, 2.24) is 14.9 Å². The Morgan fingerprint density at radius 1 is 1.14 bits per heavy atom. The molecule has 150 valence electrons. The molecule has 5 rings (SSSR count). The van der Waals surface area contributed by atoms with Gasteiger partial charge in [-0.05, 0) is 56.2 Å². The summed E-state index contributed by atoms with van der Waals surface area (Å²) >= 11 is 1.80. The molecule has 0 saturated carbocycles. The first-order valence-corrected chi connectivity index (χ1v) is 11.1. The number of thiophene rings is 1. The third-order valence-corrected chi connectivity index (χ3v) is 7.18.